The van der Waals surface area contributed by atoms with Crippen LogP contribution in [0.3, 0.4) is 0 Å². The largest absolute Gasteiger partial charge is 0.497 e. The summed E-state index contributed by atoms with van der Waals surface area (Å²) in [5.41, 5.74) is 4.52. The molecule has 1 aliphatic heterocycles. The lowest BCUT2D eigenvalue weighted by Gasteiger charge is -2.22. The van der Waals surface area contributed by atoms with Crippen LogP contribution in [-0.2, 0) is 9.59 Å². The van der Waals surface area contributed by atoms with Gasteiger partial charge in [0.2, 0.25) is 5.91 Å². The maximum atomic E-state index is 14.2. The quantitative estimate of drug-likeness (QED) is 0.135. The van der Waals surface area contributed by atoms with Gasteiger partial charge in [-0.1, -0.05) is 90.6 Å². The number of aromatic carboxylic acids is 1. The van der Waals surface area contributed by atoms with Crippen molar-refractivity contribution in [3.8, 4) is 22.8 Å². The first-order valence-corrected chi connectivity index (χ1v) is 17.4. The number of hydrogen-bond donors (Lipinski definition) is 2. The summed E-state index contributed by atoms with van der Waals surface area (Å²) in [5.74, 6) is -0.602. The number of carbonyl (C=O) groups excluding carboxylic acids is 2. The van der Waals surface area contributed by atoms with E-state index < -0.39 is 11.2 Å². The first-order chi connectivity index (χ1) is 25.8. The Labute approximate surface area is 309 Å². The fourth-order valence-electron chi connectivity index (χ4n) is 5.92. The molecule has 11 heteroatoms. The number of carboxylic acids is 1. The minimum Gasteiger partial charge on any atom is -0.497 e. The maximum absolute atomic E-state index is 14.2. The van der Waals surface area contributed by atoms with Crippen molar-refractivity contribution in [3.05, 3.63) is 156 Å². The molecule has 6 aromatic rings. The summed E-state index contributed by atoms with van der Waals surface area (Å²) in [6.07, 6.45) is 1.65. The number of benzene rings is 5. The number of nitrogens with zero attached hydrogens (tertiary/aromatic N) is 3. The molecule has 2 heterocycles. The molecule has 0 fully saturated rings. The zero-order valence-electron chi connectivity index (χ0n) is 28.6. The molecule has 53 heavy (non-hydrogen) atoms. The first kappa shape index (κ1) is 34.7. The molecule has 5 aromatic carbocycles. The lowest BCUT2D eigenvalue weighted by atomic mass is 10.0. The molecule has 0 bridgehead atoms. The van der Waals surface area contributed by atoms with E-state index in [1.165, 1.54) is 4.90 Å². The summed E-state index contributed by atoms with van der Waals surface area (Å²) in [6, 6.07) is 39.4. The number of pyridine rings is 1. The van der Waals surface area contributed by atoms with Gasteiger partial charge < -0.3 is 19.9 Å². The van der Waals surface area contributed by atoms with Crippen molar-refractivity contribution in [1.29, 1.82) is 0 Å². The van der Waals surface area contributed by atoms with Crippen LogP contribution in [0, 0.1) is 0 Å². The van der Waals surface area contributed by atoms with Crippen LogP contribution in [0.2, 0.25) is 0 Å². The van der Waals surface area contributed by atoms with Crippen LogP contribution < -0.4 is 19.7 Å². The standard InChI is InChI=1S/C42H32N4O6S/c1-51-31-21-22-37(52-2)28(23-31)24-36-40(48)46(30-13-7-4-8-14-30)42(45-36)53-38(27-11-5-3-6-12-27)39(47)43-29-19-17-26(18-20-29)35-25-33(41(49)50)32-15-9-10-16-34(32)44-35/h3-25,38H,1-2H3,(H,43,47)(H,49,50)/b36-24+. The number of nitrogens with one attached hydrogen (secondary N) is 1. The van der Waals surface area contributed by atoms with Gasteiger partial charge in [0.25, 0.3) is 5.91 Å². The number of para-hydroxylation sites is 2. The fraction of sp³-hybridized carbons (Fsp3) is 0.0714. The second kappa shape index (κ2) is 15.3. The van der Waals surface area contributed by atoms with Crippen LogP contribution in [-0.4, -0.2) is 47.3 Å². The summed E-state index contributed by atoms with van der Waals surface area (Å²) in [4.78, 5) is 51.2. The van der Waals surface area contributed by atoms with Crippen molar-refractivity contribution >= 4 is 63.1 Å². The van der Waals surface area contributed by atoms with E-state index in [4.69, 9.17) is 14.5 Å². The number of thioether (sulfide) groups is 1. The average molecular weight is 721 g/mol. The molecule has 1 aromatic heterocycles. The number of anilines is 2. The highest BCUT2D eigenvalue weighted by atomic mass is 32.2. The predicted octanol–water partition coefficient (Wildman–Crippen LogP) is 8.47. The second-order valence-electron chi connectivity index (χ2n) is 11.9. The Morgan fingerprint density at radius 1 is 0.830 bits per heavy atom. The summed E-state index contributed by atoms with van der Waals surface area (Å²) in [5, 5.41) is 12.9. The molecule has 0 saturated carbocycles. The molecule has 0 spiro atoms. The molecule has 10 nitrogen and oxygen atoms in total. The SMILES string of the molecule is COc1ccc(OC)c(/C=C2/N=C(SC(C(=O)Nc3ccc(-c4cc(C(=O)O)c5ccccc5n4)cc3)c3ccccc3)N(c3ccccc3)C2=O)c1. The molecule has 2 N–H and O–H groups in total. The highest BCUT2D eigenvalue weighted by Gasteiger charge is 2.36. The van der Waals surface area contributed by atoms with Gasteiger partial charge >= 0.3 is 5.97 Å². The van der Waals surface area contributed by atoms with E-state index >= 15 is 0 Å². The molecular formula is C42H32N4O6S. The smallest absolute Gasteiger partial charge is 0.336 e. The van der Waals surface area contributed by atoms with Gasteiger partial charge in [-0.25, -0.2) is 14.8 Å². The normalized spacial score (nSPS) is 13.8. The predicted molar refractivity (Wildman–Crippen MR) is 208 cm³/mol. The number of hydrogen-bond acceptors (Lipinski definition) is 8. The zero-order chi connectivity index (χ0) is 36.9. The van der Waals surface area contributed by atoms with E-state index in [1.807, 2.05) is 66.7 Å². The maximum Gasteiger partial charge on any atom is 0.336 e. The third kappa shape index (κ3) is 7.37. The molecule has 1 atom stereocenters. The van der Waals surface area contributed by atoms with Gasteiger partial charge in [-0.05, 0) is 66.2 Å². The topological polar surface area (TPSA) is 130 Å². The van der Waals surface area contributed by atoms with Crippen LogP contribution in [0.4, 0.5) is 11.4 Å². The Morgan fingerprint density at radius 3 is 2.23 bits per heavy atom. The Balaban J connectivity index is 1.21. The van der Waals surface area contributed by atoms with E-state index in [1.54, 1.807) is 87.0 Å². The molecule has 2 amide bonds. The van der Waals surface area contributed by atoms with Crippen LogP contribution in [0.25, 0.3) is 28.2 Å². The van der Waals surface area contributed by atoms with E-state index in [0.29, 0.717) is 61.3 Å². The van der Waals surface area contributed by atoms with Crippen molar-refractivity contribution in [3.63, 3.8) is 0 Å². The van der Waals surface area contributed by atoms with E-state index in [9.17, 15) is 19.5 Å². The number of rotatable bonds is 10. The number of amidine groups is 1. The minimum atomic E-state index is -1.04. The van der Waals surface area contributed by atoms with Gasteiger partial charge in [-0.2, -0.15) is 0 Å². The second-order valence-corrected chi connectivity index (χ2v) is 12.9. The number of methoxy groups -OCH3 is 2. The van der Waals surface area contributed by atoms with E-state index in [2.05, 4.69) is 10.3 Å². The molecule has 262 valence electrons. The monoisotopic (exact) mass is 720 g/mol. The lowest BCUT2D eigenvalue weighted by molar-refractivity contribution is -0.116. The van der Waals surface area contributed by atoms with Crippen LogP contribution in [0.1, 0.15) is 26.7 Å². The van der Waals surface area contributed by atoms with Crippen molar-refractivity contribution in [1.82, 2.24) is 4.98 Å². The van der Waals surface area contributed by atoms with Crippen molar-refractivity contribution in [2.24, 2.45) is 4.99 Å². The highest BCUT2D eigenvalue weighted by molar-refractivity contribution is 8.15. The van der Waals surface area contributed by atoms with Crippen LogP contribution in [0.15, 0.2) is 144 Å². The molecule has 1 unspecified atom stereocenters. The Kier molecular flexibility index (Phi) is 9.99. The van der Waals surface area contributed by atoms with Crippen molar-refractivity contribution < 1.29 is 29.0 Å². The van der Waals surface area contributed by atoms with Crippen molar-refractivity contribution in [2.45, 2.75) is 5.25 Å². The number of aromatic nitrogens is 1. The molecule has 0 aliphatic carbocycles. The van der Waals surface area contributed by atoms with Crippen molar-refractivity contribution in [2.75, 3.05) is 24.4 Å². The molecular weight excluding hydrogens is 689 g/mol. The lowest BCUT2D eigenvalue weighted by Crippen LogP contribution is -2.32. The Morgan fingerprint density at radius 2 is 1.53 bits per heavy atom. The van der Waals surface area contributed by atoms with Gasteiger partial charge in [0.15, 0.2) is 5.17 Å². The Bertz CT molecular complexity index is 2400. The highest BCUT2D eigenvalue weighted by Crippen LogP contribution is 2.39. The zero-order valence-corrected chi connectivity index (χ0v) is 29.4. The summed E-state index contributed by atoms with van der Waals surface area (Å²) in [6.45, 7) is 0. The van der Waals surface area contributed by atoms with Gasteiger partial charge in [0.05, 0.1) is 36.7 Å². The first-order valence-electron chi connectivity index (χ1n) is 16.5. The molecule has 7 rings (SSSR count). The van der Waals surface area contributed by atoms with Gasteiger partial charge in [-0.15, -0.1) is 0 Å². The molecule has 1 aliphatic rings. The van der Waals surface area contributed by atoms with Gasteiger partial charge in [0.1, 0.15) is 22.4 Å². The number of ether oxygens (including phenoxy) is 2. The number of amides is 2. The summed E-state index contributed by atoms with van der Waals surface area (Å²) < 4.78 is 10.9. The Hall–Kier alpha value is -6.72. The number of carbonyl (C=O) groups is 3. The third-order valence-electron chi connectivity index (χ3n) is 8.53. The molecule has 0 saturated heterocycles. The fourth-order valence-corrected chi connectivity index (χ4v) is 7.03. The summed E-state index contributed by atoms with van der Waals surface area (Å²) in [7, 11) is 3.11. The van der Waals surface area contributed by atoms with Crippen LogP contribution in [0.5, 0.6) is 11.5 Å². The number of carboxylic acid groups (broad SMARTS) is 1. The van der Waals surface area contributed by atoms with Crippen LogP contribution >= 0.6 is 11.8 Å². The minimum absolute atomic E-state index is 0.157. The average Bonchev–Trinajstić information content (AvgIpc) is 3.50. The van der Waals surface area contributed by atoms with Gasteiger partial charge in [0, 0.05) is 22.2 Å². The van der Waals surface area contributed by atoms with Gasteiger partial charge in [-0.3, -0.25) is 14.5 Å². The van der Waals surface area contributed by atoms with E-state index in [-0.39, 0.29) is 23.1 Å². The van der Waals surface area contributed by atoms with E-state index in [0.717, 1.165) is 11.8 Å². The summed E-state index contributed by atoms with van der Waals surface area (Å²) >= 11 is 1.16. The number of aliphatic imine (C=N–C) groups is 1. The number of fused-ring (bicyclic) bond motifs is 1. The molecule has 0 radical (unpaired) electrons. The third-order valence-corrected chi connectivity index (χ3v) is 9.74.